The van der Waals surface area contributed by atoms with Crippen LogP contribution in [0.4, 0.5) is 0 Å². The van der Waals surface area contributed by atoms with Crippen LogP contribution < -0.4 is 9.92 Å². The molecule has 112 valence electrons. The molecule has 2 aromatic rings. The van der Waals surface area contributed by atoms with Crippen LogP contribution in [0.25, 0.3) is 0 Å². The van der Waals surface area contributed by atoms with Gasteiger partial charge in [-0.15, -0.1) is 0 Å². The maximum absolute atomic E-state index is 9.83. The Bertz CT molecular complexity index is 663. The van der Waals surface area contributed by atoms with Crippen molar-refractivity contribution in [1.82, 2.24) is 0 Å². The predicted molar refractivity (Wildman–Crippen MR) is 91.9 cm³/mol. The van der Waals surface area contributed by atoms with E-state index in [4.69, 9.17) is 4.74 Å². The molecule has 2 nitrogen and oxygen atoms in total. The third-order valence-electron chi connectivity index (χ3n) is 4.33. The zero-order valence-electron chi connectivity index (χ0n) is 13.6. The molecular weight excluding hydrogens is 276 g/mol. The Morgan fingerprint density at radius 2 is 1.67 bits per heavy atom. The minimum Gasteiger partial charge on any atom is -0.508 e. The van der Waals surface area contributed by atoms with Gasteiger partial charge in [-0.2, -0.15) is 0 Å². The first-order valence-corrected chi connectivity index (χ1v) is 9.10. The smallest absolute Gasteiger partial charge is 0.125 e. The third-order valence-corrected chi connectivity index (χ3v) is 6.05. The van der Waals surface area contributed by atoms with E-state index in [9.17, 15) is 5.11 Å². The average molecular weight is 300 g/mol. The maximum atomic E-state index is 9.83. The number of phenols is 1. The number of hydrogen-bond acceptors (Lipinski definition) is 2. The molecule has 0 saturated carbocycles. The fraction of sp³-hybridized carbons (Fsp3) is 0.333. The Morgan fingerprint density at radius 1 is 0.952 bits per heavy atom. The quantitative estimate of drug-likeness (QED) is 0.880. The van der Waals surface area contributed by atoms with Crippen molar-refractivity contribution in [3.63, 3.8) is 0 Å². The lowest BCUT2D eigenvalue weighted by Crippen LogP contribution is -2.24. The highest BCUT2D eigenvalue weighted by Gasteiger charge is 2.11. The Balaban J connectivity index is 2.11. The van der Waals surface area contributed by atoms with Crippen molar-refractivity contribution in [2.24, 2.45) is 0 Å². The van der Waals surface area contributed by atoms with Crippen LogP contribution in [-0.2, 0) is 0 Å². The number of ether oxygens (including phenoxy) is 1. The average Bonchev–Trinajstić information content (AvgIpc) is 2.44. The Hall–Kier alpha value is -1.74. The van der Waals surface area contributed by atoms with Gasteiger partial charge in [0.1, 0.15) is 11.5 Å². The number of aromatic hydroxyl groups is 1. The Labute approximate surface area is 129 Å². The van der Waals surface area contributed by atoms with Crippen LogP contribution >= 0.6 is 0 Å². The SMILES string of the molecule is Cc1cccc([SiH2]COc2c(C)cc(O)c(C)c2C)c1C. The summed E-state index contributed by atoms with van der Waals surface area (Å²) >= 11 is 0. The van der Waals surface area contributed by atoms with E-state index in [1.165, 1.54) is 16.3 Å². The molecular formula is C18H24O2Si. The summed E-state index contributed by atoms with van der Waals surface area (Å²) in [6.07, 6.45) is 0.788. The topological polar surface area (TPSA) is 29.5 Å². The van der Waals surface area contributed by atoms with Crippen LogP contribution in [0.2, 0.25) is 0 Å². The molecule has 0 radical (unpaired) electrons. The molecule has 0 amide bonds. The zero-order valence-corrected chi connectivity index (χ0v) is 15.0. The van der Waals surface area contributed by atoms with Gasteiger partial charge in [-0.05, 0) is 68.5 Å². The van der Waals surface area contributed by atoms with Crippen LogP contribution in [-0.4, -0.2) is 20.9 Å². The lowest BCUT2D eigenvalue weighted by molar-refractivity contribution is 0.377. The molecule has 0 spiro atoms. The lowest BCUT2D eigenvalue weighted by Gasteiger charge is -2.16. The molecule has 3 heteroatoms. The van der Waals surface area contributed by atoms with Gasteiger partial charge in [0.2, 0.25) is 0 Å². The molecule has 0 aliphatic heterocycles. The van der Waals surface area contributed by atoms with Crippen LogP contribution in [0.15, 0.2) is 24.3 Å². The first-order valence-electron chi connectivity index (χ1n) is 7.39. The molecule has 21 heavy (non-hydrogen) atoms. The molecule has 0 atom stereocenters. The van der Waals surface area contributed by atoms with E-state index < -0.39 is 9.52 Å². The van der Waals surface area contributed by atoms with E-state index in [-0.39, 0.29) is 0 Å². The largest absolute Gasteiger partial charge is 0.508 e. The summed E-state index contributed by atoms with van der Waals surface area (Å²) in [6, 6.07) is 8.30. The number of hydrogen-bond donors (Lipinski definition) is 1. The summed E-state index contributed by atoms with van der Waals surface area (Å²) in [5.41, 5.74) is 5.72. The second-order valence-corrected chi connectivity index (χ2v) is 7.42. The predicted octanol–water partition coefficient (Wildman–Crippen LogP) is 2.76. The van der Waals surface area contributed by atoms with Crippen molar-refractivity contribution in [2.75, 3.05) is 6.23 Å². The van der Waals surface area contributed by atoms with Crippen molar-refractivity contribution in [3.8, 4) is 11.5 Å². The van der Waals surface area contributed by atoms with E-state index in [2.05, 4.69) is 32.0 Å². The van der Waals surface area contributed by atoms with Crippen molar-refractivity contribution in [2.45, 2.75) is 34.6 Å². The zero-order chi connectivity index (χ0) is 15.6. The fourth-order valence-corrected chi connectivity index (χ4v) is 4.09. The van der Waals surface area contributed by atoms with Gasteiger partial charge in [-0.3, -0.25) is 0 Å². The number of aryl methyl sites for hydroxylation is 2. The second kappa shape index (κ2) is 6.35. The molecule has 0 aliphatic carbocycles. The summed E-state index contributed by atoms with van der Waals surface area (Å²) in [5, 5.41) is 11.3. The minimum atomic E-state index is -0.444. The molecule has 0 heterocycles. The van der Waals surface area contributed by atoms with Crippen LogP contribution in [0.5, 0.6) is 11.5 Å². The van der Waals surface area contributed by atoms with E-state index in [0.717, 1.165) is 28.7 Å². The van der Waals surface area contributed by atoms with Crippen molar-refractivity contribution in [1.29, 1.82) is 0 Å². The van der Waals surface area contributed by atoms with Gasteiger partial charge in [-0.1, -0.05) is 23.4 Å². The first kappa shape index (κ1) is 15.6. The maximum Gasteiger partial charge on any atom is 0.125 e. The molecule has 0 bridgehead atoms. The van der Waals surface area contributed by atoms with Crippen LogP contribution in [0, 0.1) is 34.6 Å². The lowest BCUT2D eigenvalue weighted by atomic mass is 10.0. The van der Waals surface area contributed by atoms with Crippen molar-refractivity contribution >= 4 is 14.7 Å². The van der Waals surface area contributed by atoms with Gasteiger partial charge in [0.05, 0.1) is 15.7 Å². The van der Waals surface area contributed by atoms with E-state index in [0.29, 0.717) is 5.75 Å². The molecule has 0 unspecified atom stereocenters. The molecule has 0 aliphatic rings. The summed E-state index contributed by atoms with van der Waals surface area (Å²) in [4.78, 5) is 0. The summed E-state index contributed by atoms with van der Waals surface area (Å²) < 4.78 is 6.05. The number of phenolic OH excluding ortho intramolecular Hbond substituents is 1. The van der Waals surface area contributed by atoms with E-state index >= 15 is 0 Å². The van der Waals surface area contributed by atoms with Crippen LogP contribution in [0.1, 0.15) is 27.8 Å². The summed E-state index contributed by atoms with van der Waals surface area (Å²) in [5.74, 6) is 1.28. The standard InChI is InChI=1S/C18H24O2Si/c1-11-7-6-8-17(13(11)3)21-10-20-18-12(2)9-16(19)14(4)15(18)5/h6-9,19H,10,21H2,1-5H3. The van der Waals surface area contributed by atoms with Gasteiger partial charge >= 0.3 is 0 Å². The highest BCUT2D eigenvalue weighted by atomic mass is 28.2. The van der Waals surface area contributed by atoms with Crippen molar-refractivity contribution in [3.05, 3.63) is 52.1 Å². The van der Waals surface area contributed by atoms with Crippen molar-refractivity contribution < 1.29 is 9.84 Å². The third kappa shape index (κ3) is 3.30. The number of rotatable bonds is 4. The molecule has 2 aromatic carbocycles. The Morgan fingerprint density at radius 3 is 2.38 bits per heavy atom. The molecule has 2 rings (SSSR count). The van der Waals surface area contributed by atoms with Gasteiger partial charge < -0.3 is 9.84 Å². The van der Waals surface area contributed by atoms with Gasteiger partial charge in [0.15, 0.2) is 0 Å². The molecule has 0 saturated heterocycles. The molecule has 0 aromatic heterocycles. The highest BCUT2D eigenvalue weighted by Crippen LogP contribution is 2.32. The van der Waals surface area contributed by atoms with Gasteiger partial charge in [0.25, 0.3) is 0 Å². The summed E-state index contributed by atoms with van der Waals surface area (Å²) in [6.45, 7) is 10.3. The highest BCUT2D eigenvalue weighted by molar-refractivity contribution is 6.54. The van der Waals surface area contributed by atoms with Crippen LogP contribution in [0.3, 0.4) is 0 Å². The fourth-order valence-electron chi connectivity index (χ4n) is 2.60. The number of benzene rings is 2. The Kier molecular flexibility index (Phi) is 4.73. The minimum absolute atomic E-state index is 0.351. The normalized spacial score (nSPS) is 11.3. The first-order chi connectivity index (χ1) is 9.91. The van der Waals surface area contributed by atoms with E-state index in [1.54, 1.807) is 6.07 Å². The van der Waals surface area contributed by atoms with E-state index in [1.807, 2.05) is 20.8 Å². The molecule has 1 N–H and O–H groups in total. The molecule has 0 fully saturated rings. The van der Waals surface area contributed by atoms with Gasteiger partial charge in [0, 0.05) is 0 Å². The monoisotopic (exact) mass is 300 g/mol. The van der Waals surface area contributed by atoms with Gasteiger partial charge in [-0.25, -0.2) is 0 Å². The second-order valence-electron chi connectivity index (χ2n) is 5.75. The summed E-state index contributed by atoms with van der Waals surface area (Å²) in [7, 11) is -0.444.